The number of methoxy groups -OCH3 is 1. The van der Waals surface area contributed by atoms with Crippen molar-refractivity contribution in [1.29, 1.82) is 0 Å². The first-order chi connectivity index (χ1) is 10.3. The van der Waals surface area contributed by atoms with E-state index in [1.54, 1.807) is 16.9 Å². The van der Waals surface area contributed by atoms with E-state index < -0.39 is 8.07 Å². The second-order valence-electron chi connectivity index (χ2n) is 6.37. The average molecular weight is 385 g/mol. The van der Waals surface area contributed by atoms with E-state index in [2.05, 4.69) is 40.7 Å². The Hall–Kier alpha value is -1.18. The van der Waals surface area contributed by atoms with E-state index in [9.17, 15) is 4.79 Å². The maximum Gasteiger partial charge on any atom is 0.339 e. The van der Waals surface area contributed by atoms with Gasteiger partial charge in [-0.3, -0.25) is 0 Å². The van der Waals surface area contributed by atoms with Gasteiger partial charge in [0.15, 0.2) is 0 Å². The van der Waals surface area contributed by atoms with Gasteiger partial charge in [0, 0.05) is 24.5 Å². The summed E-state index contributed by atoms with van der Waals surface area (Å²) in [5, 5.41) is 5.21. The number of carbonyl (C=O) groups excluding carboxylic acids is 1. The topological polar surface area (TPSA) is 53.3 Å². The van der Waals surface area contributed by atoms with Crippen LogP contribution in [0, 0.1) is 0 Å². The van der Waals surface area contributed by atoms with Crippen molar-refractivity contribution in [2.75, 3.05) is 13.7 Å². The van der Waals surface area contributed by atoms with Gasteiger partial charge in [-0.05, 0) is 34.1 Å². The van der Waals surface area contributed by atoms with Crippen molar-refractivity contribution in [3.05, 3.63) is 28.4 Å². The molecule has 0 unspecified atom stereocenters. The first kappa shape index (κ1) is 17.2. The van der Waals surface area contributed by atoms with Gasteiger partial charge in [-0.2, -0.15) is 5.10 Å². The summed E-state index contributed by atoms with van der Waals surface area (Å²) < 4.78 is 13.0. The maximum absolute atomic E-state index is 11.7. The second-order valence-corrected chi connectivity index (χ2v) is 12.9. The zero-order valence-corrected chi connectivity index (χ0v) is 15.9. The van der Waals surface area contributed by atoms with Crippen LogP contribution >= 0.6 is 15.9 Å². The lowest BCUT2D eigenvalue weighted by molar-refractivity contribution is 0.0600. The van der Waals surface area contributed by atoms with E-state index in [1.165, 1.54) is 7.11 Å². The number of esters is 1. The quantitative estimate of drug-likeness (QED) is 0.430. The normalized spacial score (nSPS) is 11.9. The third kappa shape index (κ3) is 4.18. The molecule has 0 saturated carbocycles. The fourth-order valence-corrected chi connectivity index (χ4v) is 3.25. The molecule has 1 aromatic carbocycles. The third-order valence-corrected chi connectivity index (χ3v) is 5.71. The lowest BCUT2D eigenvalue weighted by atomic mass is 10.1. The predicted octanol–water partition coefficient (Wildman–Crippen LogP) is 3.90. The molecule has 0 N–H and O–H groups in total. The highest BCUT2D eigenvalue weighted by atomic mass is 79.9. The Bertz CT molecular complexity index is 679. The highest BCUT2D eigenvalue weighted by Gasteiger charge is 2.15. The smallest absolute Gasteiger partial charge is 0.339 e. The van der Waals surface area contributed by atoms with Crippen LogP contribution in [0.3, 0.4) is 0 Å². The Kier molecular flexibility index (Phi) is 5.41. The number of ether oxygens (including phenoxy) is 2. The van der Waals surface area contributed by atoms with E-state index in [-0.39, 0.29) is 5.97 Å². The van der Waals surface area contributed by atoms with Gasteiger partial charge in [-0.25, -0.2) is 9.48 Å². The summed E-state index contributed by atoms with van der Waals surface area (Å²) >= 11 is 3.41. The number of rotatable bonds is 6. The summed E-state index contributed by atoms with van der Waals surface area (Å²) in [6, 6.07) is 4.77. The summed E-state index contributed by atoms with van der Waals surface area (Å²) in [6.45, 7) is 8.14. The van der Waals surface area contributed by atoms with Crippen LogP contribution in [0.25, 0.3) is 10.9 Å². The zero-order chi connectivity index (χ0) is 16.3. The molecule has 0 aliphatic rings. The molecule has 0 aliphatic carbocycles. The van der Waals surface area contributed by atoms with Crippen LogP contribution < -0.4 is 0 Å². The molecule has 2 rings (SSSR count). The van der Waals surface area contributed by atoms with E-state index in [0.29, 0.717) is 16.8 Å². The Labute approximate surface area is 139 Å². The molecule has 120 valence electrons. The SMILES string of the molecule is COC(=O)c1cc2cnn(COCC[Si](C)(C)C)c2cc1Br. The minimum atomic E-state index is -1.08. The van der Waals surface area contributed by atoms with Gasteiger partial charge in [0.05, 0.1) is 24.4 Å². The number of benzene rings is 1. The lowest BCUT2D eigenvalue weighted by Gasteiger charge is -2.15. The van der Waals surface area contributed by atoms with Crippen LogP contribution in [0.5, 0.6) is 0 Å². The number of hydrogen-bond acceptors (Lipinski definition) is 4. The molecule has 0 fully saturated rings. The summed E-state index contributed by atoms with van der Waals surface area (Å²) in [7, 11) is 0.290. The van der Waals surface area contributed by atoms with Crippen LogP contribution in [0.15, 0.2) is 22.8 Å². The Morgan fingerprint density at radius 3 is 2.73 bits per heavy atom. The fourth-order valence-electron chi connectivity index (χ4n) is 2.00. The van der Waals surface area contributed by atoms with Gasteiger partial charge < -0.3 is 9.47 Å². The van der Waals surface area contributed by atoms with Gasteiger partial charge >= 0.3 is 5.97 Å². The Balaban J connectivity index is 2.13. The van der Waals surface area contributed by atoms with Crippen LogP contribution in [0.2, 0.25) is 25.7 Å². The number of nitrogens with zero attached hydrogens (tertiary/aromatic N) is 2. The van der Waals surface area contributed by atoms with Crippen LogP contribution in [0.1, 0.15) is 10.4 Å². The van der Waals surface area contributed by atoms with Gasteiger partial charge in [0.25, 0.3) is 0 Å². The van der Waals surface area contributed by atoms with Gasteiger partial charge in [-0.15, -0.1) is 0 Å². The molecule has 1 heterocycles. The number of halogens is 1. The highest BCUT2D eigenvalue weighted by molar-refractivity contribution is 9.10. The second kappa shape index (κ2) is 6.93. The molecule has 22 heavy (non-hydrogen) atoms. The maximum atomic E-state index is 11.7. The molecule has 0 radical (unpaired) electrons. The minimum absolute atomic E-state index is 0.368. The molecule has 0 bridgehead atoms. The predicted molar refractivity (Wildman–Crippen MR) is 92.9 cm³/mol. The molecule has 2 aromatic rings. The fraction of sp³-hybridized carbons (Fsp3) is 0.467. The van der Waals surface area contributed by atoms with E-state index in [0.717, 1.165) is 23.6 Å². The molecular formula is C15H21BrN2O3Si. The Morgan fingerprint density at radius 1 is 1.36 bits per heavy atom. The first-order valence-corrected chi connectivity index (χ1v) is 11.6. The van der Waals surface area contributed by atoms with Crippen molar-refractivity contribution < 1.29 is 14.3 Å². The van der Waals surface area contributed by atoms with Gasteiger partial charge in [0.2, 0.25) is 0 Å². The Morgan fingerprint density at radius 2 is 2.09 bits per heavy atom. The van der Waals surface area contributed by atoms with Gasteiger partial charge in [-0.1, -0.05) is 19.6 Å². The average Bonchev–Trinajstić information content (AvgIpc) is 2.83. The molecule has 0 aliphatic heterocycles. The minimum Gasteiger partial charge on any atom is -0.465 e. The van der Waals surface area contributed by atoms with Gasteiger partial charge in [0.1, 0.15) is 6.73 Å². The largest absolute Gasteiger partial charge is 0.465 e. The molecule has 5 nitrogen and oxygen atoms in total. The van der Waals surface area contributed by atoms with Crippen molar-refractivity contribution >= 4 is 40.9 Å². The van der Waals surface area contributed by atoms with Crippen LogP contribution in [-0.4, -0.2) is 37.5 Å². The van der Waals surface area contributed by atoms with Crippen LogP contribution in [0.4, 0.5) is 0 Å². The molecule has 7 heteroatoms. The van der Waals surface area contributed by atoms with E-state index in [1.807, 2.05) is 6.07 Å². The monoisotopic (exact) mass is 384 g/mol. The molecule has 0 atom stereocenters. The first-order valence-electron chi connectivity index (χ1n) is 7.13. The molecule has 1 aromatic heterocycles. The molecule has 0 saturated heterocycles. The molecule has 0 amide bonds. The van der Waals surface area contributed by atoms with Crippen molar-refractivity contribution in [2.24, 2.45) is 0 Å². The summed E-state index contributed by atoms with van der Waals surface area (Å²) in [4.78, 5) is 11.7. The van der Waals surface area contributed by atoms with Crippen molar-refractivity contribution in [1.82, 2.24) is 9.78 Å². The molecular weight excluding hydrogens is 364 g/mol. The number of aromatic nitrogens is 2. The number of carbonyl (C=O) groups is 1. The zero-order valence-electron chi connectivity index (χ0n) is 13.4. The summed E-state index contributed by atoms with van der Waals surface area (Å²) in [5.41, 5.74) is 1.42. The van der Waals surface area contributed by atoms with E-state index >= 15 is 0 Å². The summed E-state index contributed by atoms with van der Waals surface area (Å²) in [5.74, 6) is -0.368. The number of fused-ring (bicyclic) bond motifs is 1. The van der Waals surface area contributed by atoms with Crippen molar-refractivity contribution in [3.63, 3.8) is 0 Å². The van der Waals surface area contributed by atoms with Crippen LogP contribution in [-0.2, 0) is 16.2 Å². The standard InChI is InChI=1S/C15H21BrN2O3Si/c1-20-15(19)12-7-11-9-17-18(14(11)8-13(12)16)10-21-5-6-22(2,3)4/h7-9H,5-6,10H2,1-4H3. The third-order valence-electron chi connectivity index (χ3n) is 3.35. The lowest BCUT2D eigenvalue weighted by Crippen LogP contribution is -2.22. The number of hydrogen-bond donors (Lipinski definition) is 0. The van der Waals surface area contributed by atoms with E-state index in [4.69, 9.17) is 9.47 Å². The van der Waals surface area contributed by atoms with Crippen molar-refractivity contribution in [2.45, 2.75) is 32.4 Å². The molecule has 0 spiro atoms. The highest BCUT2D eigenvalue weighted by Crippen LogP contribution is 2.25. The van der Waals surface area contributed by atoms with Crippen molar-refractivity contribution in [3.8, 4) is 0 Å². The summed E-state index contributed by atoms with van der Waals surface area (Å²) in [6.07, 6.45) is 1.73.